The summed E-state index contributed by atoms with van der Waals surface area (Å²) in [7, 11) is 0. The van der Waals surface area contributed by atoms with Crippen molar-refractivity contribution in [3.05, 3.63) is 77.2 Å². The van der Waals surface area contributed by atoms with E-state index >= 15 is 0 Å². The standard InChI is InChI=1S/C20H18ClFN4/c1-2-4-18-17(24-19-8-7-15(21)12-26(18)19)13-25-10-9-23-20(25)14-5-3-6-16(22)11-14/h3,5-12H,2,4,13H2,1H3. The summed E-state index contributed by atoms with van der Waals surface area (Å²) in [6.45, 7) is 2.71. The zero-order valence-electron chi connectivity index (χ0n) is 14.4. The molecular formula is C20H18ClFN4. The van der Waals surface area contributed by atoms with Crippen LogP contribution in [0.25, 0.3) is 17.0 Å². The van der Waals surface area contributed by atoms with Crippen LogP contribution in [0, 0.1) is 5.82 Å². The van der Waals surface area contributed by atoms with Crippen molar-refractivity contribution in [2.45, 2.75) is 26.3 Å². The molecule has 3 aromatic heterocycles. The van der Waals surface area contributed by atoms with Gasteiger partial charge < -0.3 is 8.97 Å². The minimum Gasteiger partial charge on any atom is -0.325 e. The summed E-state index contributed by atoms with van der Waals surface area (Å²) >= 11 is 6.16. The second kappa shape index (κ2) is 6.92. The topological polar surface area (TPSA) is 35.1 Å². The van der Waals surface area contributed by atoms with Crippen LogP contribution in [0.5, 0.6) is 0 Å². The molecule has 0 saturated carbocycles. The van der Waals surface area contributed by atoms with Gasteiger partial charge in [-0.2, -0.15) is 0 Å². The number of imidazole rings is 2. The van der Waals surface area contributed by atoms with E-state index in [1.807, 2.05) is 35.2 Å². The molecular weight excluding hydrogens is 351 g/mol. The first-order valence-electron chi connectivity index (χ1n) is 8.58. The first-order valence-corrected chi connectivity index (χ1v) is 8.96. The fourth-order valence-electron chi connectivity index (χ4n) is 3.23. The van der Waals surface area contributed by atoms with Gasteiger partial charge >= 0.3 is 0 Å². The molecule has 0 fully saturated rings. The van der Waals surface area contributed by atoms with Crippen molar-refractivity contribution in [1.29, 1.82) is 0 Å². The van der Waals surface area contributed by atoms with Crippen molar-refractivity contribution in [2.24, 2.45) is 0 Å². The van der Waals surface area contributed by atoms with Gasteiger partial charge in [-0.25, -0.2) is 14.4 Å². The van der Waals surface area contributed by atoms with Gasteiger partial charge in [-0.15, -0.1) is 0 Å². The van der Waals surface area contributed by atoms with Crippen molar-refractivity contribution in [3.8, 4) is 11.4 Å². The minimum atomic E-state index is -0.272. The molecule has 4 rings (SSSR count). The first kappa shape index (κ1) is 16.8. The number of rotatable bonds is 5. The lowest BCUT2D eigenvalue weighted by molar-refractivity contribution is 0.628. The summed E-state index contributed by atoms with van der Waals surface area (Å²) in [5, 5.41) is 0.682. The molecule has 3 heterocycles. The summed E-state index contributed by atoms with van der Waals surface area (Å²) < 4.78 is 17.6. The number of hydrogen-bond donors (Lipinski definition) is 0. The molecule has 0 radical (unpaired) electrons. The van der Waals surface area contributed by atoms with Gasteiger partial charge in [0.15, 0.2) is 0 Å². The van der Waals surface area contributed by atoms with E-state index < -0.39 is 0 Å². The lowest BCUT2D eigenvalue weighted by atomic mass is 10.2. The normalized spacial score (nSPS) is 11.3. The van der Waals surface area contributed by atoms with E-state index in [1.54, 1.807) is 12.3 Å². The zero-order chi connectivity index (χ0) is 18.1. The summed E-state index contributed by atoms with van der Waals surface area (Å²) in [5.74, 6) is 0.452. The Bertz CT molecular complexity index is 1070. The van der Waals surface area contributed by atoms with Crippen molar-refractivity contribution in [3.63, 3.8) is 0 Å². The highest BCUT2D eigenvalue weighted by molar-refractivity contribution is 6.30. The Kier molecular flexibility index (Phi) is 4.47. The van der Waals surface area contributed by atoms with Gasteiger partial charge in [0.2, 0.25) is 0 Å². The zero-order valence-corrected chi connectivity index (χ0v) is 15.1. The van der Waals surface area contributed by atoms with E-state index in [1.165, 1.54) is 12.1 Å². The van der Waals surface area contributed by atoms with Crippen LogP contribution in [0.1, 0.15) is 24.7 Å². The smallest absolute Gasteiger partial charge is 0.140 e. The molecule has 6 heteroatoms. The Morgan fingerprint density at radius 2 is 2.08 bits per heavy atom. The number of aryl methyl sites for hydroxylation is 1. The highest BCUT2D eigenvalue weighted by Crippen LogP contribution is 2.23. The molecule has 0 unspecified atom stereocenters. The van der Waals surface area contributed by atoms with Crippen LogP contribution in [0.2, 0.25) is 5.02 Å². The van der Waals surface area contributed by atoms with E-state index in [0.29, 0.717) is 11.6 Å². The van der Waals surface area contributed by atoms with Gasteiger partial charge in [0, 0.05) is 29.8 Å². The van der Waals surface area contributed by atoms with Crippen LogP contribution in [0.4, 0.5) is 4.39 Å². The molecule has 1 aromatic carbocycles. The summed E-state index contributed by atoms with van der Waals surface area (Å²) in [6.07, 6.45) is 7.44. The van der Waals surface area contributed by atoms with Crippen molar-refractivity contribution in [2.75, 3.05) is 0 Å². The first-order chi connectivity index (χ1) is 12.7. The molecule has 0 amide bonds. The van der Waals surface area contributed by atoms with Crippen LogP contribution in [-0.4, -0.2) is 18.9 Å². The third-order valence-corrected chi connectivity index (χ3v) is 4.59. The van der Waals surface area contributed by atoms with E-state index in [4.69, 9.17) is 16.6 Å². The fourth-order valence-corrected chi connectivity index (χ4v) is 3.39. The highest BCUT2D eigenvalue weighted by atomic mass is 35.5. The molecule has 0 saturated heterocycles. The van der Waals surface area contributed by atoms with Crippen LogP contribution >= 0.6 is 11.6 Å². The number of nitrogens with zero attached hydrogens (tertiary/aromatic N) is 4. The summed E-state index contributed by atoms with van der Waals surface area (Å²) in [4.78, 5) is 9.19. The molecule has 0 bridgehead atoms. The second-order valence-corrected chi connectivity index (χ2v) is 6.66. The Labute approximate surface area is 155 Å². The Morgan fingerprint density at radius 3 is 2.88 bits per heavy atom. The molecule has 0 atom stereocenters. The number of fused-ring (bicyclic) bond motifs is 1. The average Bonchev–Trinajstić information content (AvgIpc) is 3.21. The fraction of sp³-hybridized carbons (Fsp3) is 0.200. The number of aromatic nitrogens is 4. The van der Waals surface area contributed by atoms with Crippen LogP contribution in [0.15, 0.2) is 55.0 Å². The van der Waals surface area contributed by atoms with E-state index in [0.717, 1.165) is 41.3 Å². The molecule has 26 heavy (non-hydrogen) atoms. The van der Waals surface area contributed by atoms with Gasteiger partial charge in [-0.3, -0.25) is 0 Å². The number of hydrogen-bond acceptors (Lipinski definition) is 2. The van der Waals surface area contributed by atoms with Crippen LogP contribution < -0.4 is 0 Å². The van der Waals surface area contributed by atoms with Gasteiger partial charge in [0.05, 0.1) is 17.3 Å². The maximum Gasteiger partial charge on any atom is 0.140 e. The SMILES string of the molecule is CCCc1c(Cn2ccnc2-c2cccc(F)c2)nc2ccc(Cl)cn12. The van der Waals surface area contributed by atoms with Crippen LogP contribution in [0.3, 0.4) is 0 Å². The molecule has 132 valence electrons. The van der Waals surface area contributed by atoms with Crippen LogP contribution in [-0.2, 0) is 13.0 Å². The third-order valence-electron chi connectivity index (χ3n) is 4.37. The predicted molar refractivity (Wildman–Crippen MR) is 101 cm³/mol. The van der Waals surface area contributed by atoms with E-state index in [9.17, 15) is 4.39 Å². The second-order valence-electron chi connectivity index (χ2n) is 6.22. The quantitative estimate of drug-likeness (QED) is 0.497. The summed E-state index contributed by atoms with van der Waals surface area (Å²) in [5.41, 5.74) is 3.74. The maximum absolute atomic E-state index is 13.6. The van der Waals surface area contributed by atoms with Gasteiger partial charge in [0.25, 0.3) is 0 Å². The van der Waals surface area contributed by atoms with Crippen molar-refractivity contribution < 1.29 is 4.39 Å². The molecule has 4 nitrogen and oxygen atoms in total. The molecule has 0 spiro atoms. The Balaban J connectivity index is 1.77. The van der Waals surface area contributed by atoms with E-state index in [-0.39, 0.29) is 5.82 Å². The molecule has 0 aliphatic rings. The number of pyridine rings is 1. The van der Waals surface area contributed by atoms with Gasteiger partial charge in [-0.05, 0) is 30.7 Å². The molecule has 0 aliphatic carbocycles. The van der Waals surface area contributed by atoms with Crippen molar-refractivity contribution >= 4 is 17.2 Å². The minimum absolute atomic E-state index is 0.272. The van der Waals surface area contributed by atoms with Crippen molar-refractivity contribution in [1.82, 2.24) is 18.9 Å². The summed E-state index contributed by atoms with van der Waals surface area (Å²) in [6, 6.07) is 10.2. The third kappa shape index (κ3) is 3.10. The highest BCUT2D eigenvalue weighted by Gasteiger charge is 2.15. The largest absolute Gasteiger partial charge is 0.325 e. The number of benzene rings is 1. The molecule has 4 aromatic rings. The predicted octanol–water partition coefficient (Wildman–Crippen LogP) is 4.99. The Hall–Kier alpha value is -2.66. The van der Waals surface area contributed by atoms with Gasteiger partial charge in [-0.1, -0.05) is 37.1 Å². The van der Waals surface area contributed by atoms with E-state index in [2.05, 4.69) is 16.3 Å². The number of halogens is 2. The maximum atomic E-state index is 13.6. The molecule has 0 aliphatic heterocycles. The Morgan fingerprint density at radius 1 is 1.19 bits per heavy atom. The lowest BCUT2D eigenvalue weighted by Gasteiger charge is -2.09. The van der Waals surface area contributed by atoms with Gasteiger partial charge in [0.1, 0.15) is 17.3 Å². The molecule has 0 N–H and O–H groups in total. The monoisotopic (exact) mass is 368 g/mol. The lowest BCUT2D eigenvalue weighted by Crippen LogP contribution is -2.05. The average molecular weight is 369 g/mol.